The first-order valence-electron chi connectivity index (χ1n) is 8.14. The minimum atomic E-state index is -0.240. The first-order valence-corrected chi connectivity index (χ1v) is 8.52. The summed E-state index contributed by atoms with van der Waals surface area (Å²) in [6.07, 6.45) is 8.10. The molecule has 1 amide bonds. The molecule has 0 saturated carbocycles. The summed E-state index contributed by atoms with van der Waals surface area (Å²) >= 11 is 5.82. The molecule has 7 nitrogen and oxygen atoms in total. The lowest BCUT2D eigenvalue weighted by Gasteiger charge is -2.39. The number of likely N-dealkylation sites (tertiary alicyclic amines) is 1. The molecular weight excluding hydrogens is 328 g/mol. The Kier molecular flexibility index (Phi) is 5.42. The van der Waals surface area contributed by atoms with Crippen molar-refractivity contribution in [3.63, 3.8) is 0 Å². The number of hydrogen-bond donors (Lipinski definition) is 1. The number of halogens is 1. The molecule has 0 aromatic carbocycles. The molecule has 2 aromatic rings. The summed E-state index contributed by atoms with van der Waals surface area (Å²) < 4.78 is 1.83. The van der Waals surface area contributed by atoms with Crippen molar-refractivity contribution in [2.45, 2.75) is 44.8 Å². The minimum Gasteiger partial charge on any atom is -0.309 e. The number of carbonyl (C=O) groups is 1. The second-order valence-corrected chi connectivity index (χ2v) is 6.47. The molecule has 128 valence electrons. The summed E-state index contributed by atoms with van der Waals surface area (Å²) in [5.41, 5.74) is 0. The Morgan fingerprint density at radius 2 is 2.33 bits per heavy atom. The van der Waals surface area contributed by atoms with Crippen LogP contribution in [0.5, 0.6) is 0 Å². The maximum absolute atomic E-state index is 12.6. The molecular formula is C16H21ClN6O. The largest absolute Gasteiger partial charge is 0.309 e. The molecule has 0 spiro atoms. The van der Waals surface area contributed by atoms with Crippen LogP contribution in [0.1, 0.15) is 26.2 Å². The van der Waals surface area contributed by atoms with E-state index >= 15 is 0 Å². The van der Waals surface area contributed by atoms with Crippen LogP contribution < -0.4 is 5.32 Å². The highest BCUT2D eigenvalue weighted by Crippen LogP contribution is 2.21. The molecule has 1 fully saturated rings. The zero-order valence-corrected chi connectivity index (χ0v) is 14.4. The van der Waals surface area contributed by atoms with Crippen molar-refractivity contribution in [1.82, 2.24) is 24.6 Å². The van der Waals surface area contributed by atoms with Crippen molar-refractivity contribution in [3.05, 3.63) is 36.0 Å². The van der Waals surface area contributed by atoms with Crippen molar-refractivity contribution < 1.29 is 4.79 Å². The molecule has 3 rings (SSSR count). The van der Waals surface area contributed by atoms with Gasteiger partial charge in [-0.3, -0.25) is 14.4 Å². The Bertz CT molecular complexity index is 660. The average molecular weight is 349 g/mol. The van der Waals surface area contributed by atoms with Gasteiger partial charge >= 0.3 is 0 Å². The number of amides is 1. The third-order valence-corrected chi connectivity index (χ3v) is 4.62. The van der Waals surface area contributed by atoms with Crippen LogP contribution in [0, 0.1) is 0 Å². The summed E-state index contributed by atoms with van der Waals surface area (Å²) in [6, 6.07) is 3.45. The molecule has 2 aromatic heterocycles. The Morgan fingerprint density at radius 1 is 1.46 bits per heavy atom. The van der Waals surface area contributed by atoms with Crippen LogP contribution in [-0.4, -0.2) is 49.2 Å². The summed E-state index contributed by atoms with van der Waals surface area (Å²) in [5.74, 6) is 0.455. The molecule has 0 radical (unpaired) electrons. The monoisotopic (exact) mass is 348 g/mol. The van der Waals surface area contributed by atoms with E-state index in [1.807, 2.05) is 11.6 Å². The summed E-state index contributed by atoms with van der Waals surface area (Å²) in [7, 11) is 0. The second-order valence-electron chi connectivity index (χ2n) is 6.03. The fourth-order valence-corrected chi connectivity index (χ4v) is 3.21. The number of nitrogens with zero attached hydrogens (tertiary/aromatic N) is 5. The van der Waals surface area contributed by atoms with Crippen LogP contribution in [0.2, 0.25) is 5.02 Å². The van der Waals surface area contributed by atoms with E-state index in [9.17, 15) is 4.79 Å². The van der Waals surface area contributed by atoms with Gasteiger partial charge in [0.25, 0.3) is 0 Å². The van der Waals surface area contributed by atoms with E-state index < -0.39 is 0 Å². The lowest BCUT2D eigenvalue weighted by molar-refractivity contribution is -0.122. The zero-order chi connectivity index (χ0) is 16.9. The van der Waals surface area contributed by atoms with Crippen molar-refractivity contribution in [2.24, 2.45) is 0 Å². The van der Waals surface area contributed by atoms with Gasteiger partial charge in [-0.15, -0.1) is 0 Å². The van der Waals surface area contributed by atoms with Crippen molar-refractivity contribution >= 4 is 23.3 Å². The first-order chi connectivity index (χ1) is 11.6. The number of pyridine rings is 1. The zero-order valence-electron chi connectivity index (χ0n) is 13.6. The number of hydrogen-bond acceptors (Lipinski definition) is 5. The number of carbonyl (C=O) groups excluding carboxylic acids is 1. The molecule has 0 bridgehead atoms. The standard InChI is InChI=1S/C16H21ClN6O/c1-12(16(24)21-15-6-5-13(17)8-19-15)23-7-3-2-4-14(23)9-22-11-18-10-20-22/h5-6,8,10-12,14H,2-4,7,9H2,1H3,(H,19,21,24)/t12-,14-/m0/s1. The molecule has 1 saturated heterocycles. The Labute approximate surface area is 146 Å². The number of rotatable bonds is 5. The maximum atomic E-state index is 12.6. The molecule has 1 N–H and O–H groups in total. The third kappa shape index (κ3) is 4.10. The Balaban J connectivity index is 1.65. The van der Waals surface area contributed by atoms with Gasteiger partial charge in [0, 0.05) is 12.2 Å². The third-order valence-electron chi connectivity index (χ3n) is 4.39. The van der Waals surface area contributed by atoms with Crippen molar-refractivity contribution in [3.8, 4) is 0 Å². The van der Waals surface area contributed by atoms with Gasteiger partial charge in [0.2, 0.25) is 5.91 Å². The topological polar surface area (TPSA) is 75.9 Å². The van der Waals surface area contributed by atoms with Crippen LogP contribution in [0.4, 0.5) is 5.82 Å². The molecule has 1 aliphatic rings. The van der Waals surface area contributed by atoms with Gasteiger partial charge in [-0.25, -0.2) is 9.97 Å². The van der Waals surface area contributed by atoms with E-state index in [1.54, 1.807) is 18.5 Å². The van der Waals surface area contributed by atoms with Gasteiger partial charge < -0.3 is 5.32 Å². The number of aromatic nitrogens is 4. The van der Waals surface area contributed by atoms with Crippen molar-refractivity contribution in [1.29, 1.82) is 0 Å². The molecule has 0 aliphatic carbocycles. The van der Waals surface area contributed by atoms with E-state index in [1.165, 1.54) is 18.9 Å². The molecule has 1 aliphatic heterocycles. The second kappa shape index (κ2) is 7.72. The smallest absolute Gasteiger partial charge is 0.242 e. The Hall–Kier alpha value is -1.99. The van der Waals surface area contributed by atoms with Crippen LogP contribution in [0.3, 0.4) is 0 Å². The van der Waals surface area contributed by atoms with Crippen LogP contribution >= 0.6 is 11.6 Å². The van der Waals surface area contributed by atoms with Gasteiger partial charge in [-0.2, -0.15) is 5.10 Å². The maximum Gasteiger partial charge on any atom is 0.242 e. The van der Waals surface area contributed by atoms with Gasteiger partial charge in [-0.05, 0) is 38.4 Å². The fraction of sp³-hybridized carbons (Fsp3) is 0.500. The summed E-state index contributed by atoms with van der Waals surface area (Å²) in [5, 5.41) is 7.59. The predicted octanol–water partition coefficient (Wildman–Crippen LogP) is 2.21. The Morgan fingerprint density at radius 3 is 3.04 bits per heavy atom. The highest BCUT2D eigenvalue weighted by Gasteiger charge is 2.30. The quantitative estimate of drug-likeness (QED) is 0.896. The lowest BCUT2D eigenvalue weighted by Crippen LogP contribution is -2.51. The predicted molar refractivity (Wildman–Crippen MR) is 91.7 cm³/mol. The summed E-state index contributed by atoms with van der Waals surface area (Å²) in [6.45, 7) is 3.59. The first kappa shape index (κ1) is 16.9. The molecule has 24 heavy (non-hydrogen) atoms. The van der Waals surface area contributed by atoms with E-state index in [2.05, 4.69) is 25.3 Å². The van der Waals surface area contributed by atoms with E-state index in [0.717, 1.165) is 25.9 Å². The van der Waals surface area contributed by atoms with Gasteiger partial charge in [0.05, 0.1) is 17.6 Å². The average Bonchev–Trinajstić information content (AvgIpc) is 3.10. The SMILES string of the molecule is C[C@@H](C(=O)Nc1ccc(Cl)cn1)N1CCCC[C@H]1Cn1cncn1. The van der Waals surface area contributed by atoms with Crippen LogP contribution in [0.25, 0.3) is 0 Å². The van der Waals surface area contributed by atoms with E-state index in [0.29, 0.717) is 10.8 Å². The number of piperidine rings is 1. The highest BCUT2D eigenvalue weighted by atomic mass is 35.5. The molecule has 3 heterocycles. The van der Waals surface area contributed by atoms with Crippen molar-refractivity contribution in [2.75, 3.05) is 11.9 Å². The van der Waals surface area contributed by atoms with Gasteiger partial charge in [0.1, 0.15) is 18.5 Å². The normalized spacial score (nSPS) is 19.8. The van der Waals surface area contributed by atoms with Gasteiger partial charge in [-0.1, -0.05) is 18.0 Å². The molecule has 0 unspecified atom stereocenters. The molecule has 8 heteroatoms. The summed E-state index contributed by atoms with van der Waals surface area (Å²) in [4.78, 5) is 22.9. The lowest BCUT2D eigenvalue weighted by atomic mass is 9.99. The fourth-order valence-electron chi connectivity index (χ4n) is 3.10. The molecule has 2 atom stereocenters. The van der Waals surface area contributed by atoms with E-state index in [4.69, 9.17) is 11.6 Å². The van der Waals surface area contributed by atoms with E-state index in [-0.39, 0.29) is 18.0 Å². The highest BCUT2D eigenvalue weighted by molar-refractivity contribution is 6.30. The van der Waals surface area contributed by atoms with Gasteiger partial charge in [0.15, 0.2) is 0 Å². The number of anilines is 1. The van der Waals surface area contributed by atoms with Crippen LogP contribution in [0.15, 0.2) is 31.0 Å². The number of nitrogens with one attached hydrogen (secondary N) is 1. The minimum absolute atomic E-state index is 0.0599. The van der Waals surface area contributed by atoms with Crippen LogP contribution in [-0.2, 0) is 11.3 Å².